The number of aliphatic imine (C=N–C) groups is 1. The van der Waals surface area contributed by atoms with Crippen LogP contribution >= 0.6 is 0 Å². The summed E-state index contributed by atoms with van der Waals surface area (Å²) in [5.74, 6) is -0.574. The molecule has 2 aromatic rings. The first-order valence-electron chi connectivity index (χ1n) is 8.57. The Kier molecular flexibility index (Phi) is 5.27. The van der Waals surface area contributed by atoms with Crippen LogP contribution in [0.2, 0.25) is 0 Å². The highest BCUT2D eigenvalue weighted by molar-refractivity contribution is 6.04. The van der Waals surface area contributed by atoms with Crippen molar-refractivity contribution in [2.45, 2.75) is 26.1 Å². The number of benzene rings is 2. The maximum atomic E-state index is 12.2. The molecule has 1 aliphatic heterocycles. The number of nitrogens with one attached hydrogen (secondary N) is 1. The SMILES string of the molecule is CC(=O)C1C(C)=N[C@H](c2ccc([N+](=O)[O-])cc2)N[C@@H]1c1ccc([N+](=O)[O-])cc1. The first-order valence-corrected chi connectivity index (χ1v) is 8.57. The number of ketones is 1. The summed E-state index contributed by atoms with van der Waals surface area (Å²) in [5, 5.41) is 25.0. The zero-order valence-corrected chi connectivity index (χ0v) is 15.2. The Morgan fingerprint density at radius 1 is 0.929 bits per heavy atom. The lowest BCUT2D eigenvalue weighted by molar-refractivity contribution is -0.385. The van der Waals surface area contributed by atoms with E-state index in [0.29, 0.717) is 5.71 Å². The van der Waals surface area contributed by atoms with Crippen LogP contribution in [0.25, 0.3) is 0 Å². The summed E-state index contributed by atoms with van der Waals surface area (Å²) in [7, 11) is 0. The number of non-ortho nitro benzene ring substituents is 2. The van der Waals surface area contributed by atoms with Gasteiger partial charge in [0.1, 0.15) is 11.9 Å². The normalized spacial score (nSPS) is 21.6. The van der Waals surface area contributed by atoms with E-state index < -0.39 is 28.0 Å². The quantitative estimate of drug-likeness (QED) is 0.622. The number of nitro groups is 2. The number of rotatable bonds is 5. The minimum atomic E-state index is -0.504. The Labute approximate surface area is 160 Å². The molecule has 1 unspecified atom stereocenters. The average Bonchev–Trinajstić information content (AvgIpc) is 2.67. The van der Waals surface area contributed by atoms with Crippen LogP contribution in [0, 0.1) is 26.1 Å². The van der Waals surface area contributed by atoms with Gasteiger partial charge in [-0.15, -0.1) is 0 Å². The lowest BCUT2D eigenvalue weighted by Gasteiger charge is -2.35. The third-order valence-corrected chi connectivity index (χ3v) is 4.77. The van der Waals surface area contributed by atoms with Crippen LogP contribution in [0.15, 0.2) is 53.5 Å². The second-order valence-electron chi connectivity index (χ2n) is 6.60. The van der Waals surface area contributed by atoms with Crippen LogP contribution in [-0.2, 0) is 4.79 Å². The third kappa shape index (κ3) is 3.79. The minimum absolute atomic E-state index is 0.0196. The van der Waals surface area contributed by atoms with Crippen molar-refractivity contribution in [3.63, 3.8) is 0 Å². The van der Waals surface area contributed by atoms with E-state index in [-0.39, 0.29) is 17.2 Å². The lowest BCUT2D eigenvalue weighted by Crippen LogP contribution is -2.42. The molecule has 0 amide bonds. The van der Waals surface area contributed by atoms with E-state index in [0.717, 1.165) is 11.1 Å². The van der Waals surface area contributed by atoms with Gasteiger partial charge in [0.15, 0.2) is 0 Å². The van der Waals surface area contributed by atoms with E-state index >= 15 is 0 Å². The third-order valence-electron chi connectivity index (χ3n) is 4.77. The lowest BCUT2D eigenvalue weighted by atomic mass is 9.84. The van der Waals surface area contributed by atoms with Crippen molar-refractivity contribution in [2.75, 3.05) is 0 Å². The Bertz CT molecular complexity index is 953. The number of carbonyl (C=O) groups excluding carboxylic acids is 1. The van der Waals surface area contributed by atoms with Crippen LogP contribution in [0.5, 0.6) is 0 Å². The maximum absolute atomic E-state index is 12.2. The average molecular weight is 382 g/mol. The molecule has 0 saturated heterocycles. The highest BCUT2D eigenvalue weighted by atomic mass is 16.6. The first-order chi connectivity index (χ1) is 13.3. The van der Waals surface area contributed by atoms with E-state index in [1.165, 1.54) is 31.2 Å². The first kappa shape index (κ1) is 19.3. The molecule has 28 heavy (non-hydrogen) atoms. The standard InChI is InChI=1S/C19H18N4O5/c1-11-17(12(2)24)18(13-3-7-15(8-4-13)22(25)26)21-19(20-11)14-5-9-16(10-6-14)23(27)28/h3-10,17-19,21H,1-2H3/t17?,18-,19+/m1/s1. The molecule has 9 nitrogen and oxygen atoms in total. The molecule has 144 valence electrons. The monoisotopic (exact) mass is 382 g/mol. The molecular formula is C19H18N4O5. The molecule has 0 fully saturated rings. The van der Waals surface area contributed by atoms with E-state index in [1.54, 1.807) is 31.2 Å². The summed E-state index contributed by atoms with van der Waals surface area (Å²) in [6.07, 6.45) is -0.489. The van der Waals surface area contributed by atoms with Crippen molar-refractivity contribution in [3.8, 4) is 0 Å². The van der Waals surface area contributed by atoms with Crippen molar-refractivity contribution >= 4 is 22.9 Å². The fraction of sp³-hybridized carbons (Fsp3) is 0.263. The number of Topliss-reactive ketones (excluding diaryl/α,β-unsaturated/α-hetero) is 1. The summed E-state index contributed by atoms with van der Waals surface area (Å²) in [5.41, 5.74) is 2.04. The predicted octanol–water partition coefficient (Wildman–Crippen LogP) is 3.51. The predicted molar refractivity (Wildman–Crippen MR) is 102 cm³/mol. The molecule has 1 N–H and O–H groups in total. The van der Waals surface area contributed by atoms with Crippen molar-refractivity contribution in [1.29, 1.82) is 0 Å². The van der Waals surface area contributed by atoms with Gasteiger partial charge in [-0.05, 0) is 37.1 Å². The van der Waals surface area contributed by atoms with E-state index in [2.05, 4.69) is 10.3 Å². The van der Waals surface area contributed by atoms with Gasteiger partial charge in [0, 0.05) is 36.0 Å². The smallest absolute Gasteiger partial charge is 0.269 e. The molecule has 3 rings (SSSR count). The van der Waals surface area contributed by atoms with Gasteiger partial charge < -0.3 is 0 Å². The molecule has 1 heterocycles. The van der Waals surface area contributed by atoms with Crippen molar-refractivity contribution < 1.29 is 14.6 Å². The van der Waals surface area contributed by atoms with Crippen molar-refractivity contribution in [1.82, 2.24) is 5.32 Å². The number of hydrogen-bond donors (Lipinski definition) is 1. The maximum Gasteiger partial charge on any atom is 0.269 e. The Hall–Kier alpha value is -3.46. The molecule has 0 bridgehead atoms. The summed E-state index contributed by atoms with van der Waals surface area (Å²) in [6, 6.07) is 11.7. The molecule has 9 heteroatoms. The Balaban J connectivity index is 1.96. The van der Waals surface area contributed by atoms with E-state index in [4.69, 9.17) is 0 Å². The number of hydrogen-bond acceptors (Lipinski definition) is 7. The number of nitrogens with zero attached hydrogens (tertiary/aromatic N) is 3. The van der Waals surface area contributed by atoms with E-state index in [1.807, 2.05) is 0 Å². The number of nitro benzene ring substituents is 2. The second-order valence-corrected chi connectivity index (χ2v) is 6.60. The van der Waals surface area contributed by atoms with Gasteiger partial charge in [0.25, 0.3) is 11.4 Å². The van der Waals surface area contributed by atoms with Gasteiger partial charge in [-0.3, -0.25) is 35.3 Å². The van der Waals surface area contributed by atoms with Gasteiger partial charge in [-0.25, -0.2) is 0 Å². The molecular weight excluding hydrogens is 364 g/mol. The topological polar surface area (TPSA) is 128 Å². The molecule has 0 spiro atoms. The highest BCUT2D eigenvalue weighted by Gasteiger charge is 2.35. The molecule has 3 atom stereocenters. The van der Waals surface area contributed by atoms with Gasteiger partial charge in [-0.1, -0.05) is 12.1 Å². The van der Waals surface area contributed by atoms with Gasteiger partial charge in [0.05, 0.1) is 15.8 Å². The van der Waals surface area contributed by atoms with Crippen LogP contribution in [0.4, 0.5) is 11.4 Å². The zero-order valence-electron chi connectivity index (χ0n) is 15.2. The molecule has 0 aromatic heterocycles. The van der Waals surface area contributed by atoms with Gasteiger partial charge in [0.2, 0.25) is 0 Å². The van der Waals surface area contributed by atoms with Crippen molar-refractivity contribution in [3.05, 3.63) is 79.9 Å². The van der Waals surface area contributed by atoms with Crippen LogP contribution in [0.3, 0.4) is 0 Å². The Morgan fingerprint density at radius 2 is 1.39 bits per heavy atom. The second kappa shape index (κ2) is 7.65. The molecule has 2 aromatic carbocycles. The fourth-order valence-corrected chi connectivity index (χ4v) is 3.40. The van der Waals surface area contributed by atoms with Crippen LogP contribution < -0.4 is 5.32 Å². The van der Waals surface area contributed by atoms with E-state index in [9.17, 15) is 25.0 Å². The van der Waals surface area contributed by atoms with Crippen LogP contribution in [-0.4, -0.2) is 21.3 Å². The Morgan fingerprint density at radius 3 is 1.82 bits per heavy atom. The molecule has 0 radical (unpaired) electrons. The van der Waals surface area contributed by atoms with Crippen molar-refractivity contribution in [2.24, 2.45) is 10.9 Å². The molecule has 0 saturated carbocycles. The van der Waals surface area contributed by atoms with Crippen LogP contribution in [0.1, 0.15) is 37.2 Å². The minimum Gasteiger partial charge on any atom is -0.299 e. The largest absolute Gasteiger partial charge is 0.299 e. The van der Waals surface area contributed by atoms with Gasteiger partial charge in [-0.2, -0.15) is 0 Å². The fourth-order valence-electron chi connectivity index (χ4n) is 3.40. The zero-order chi connectivity index (χ0) is 20.4. The molecule has 0 aliphatic carbocycles. The summed E-state index contributed by atoms with van der Waals surface area (Å²) < 4.78 is 0. The molecule has 1 aliphatic rings. The number of carbonyl (C=O) groups is 1. The highest BCUT2D eigenvalue weighted by Crippen LogP contribution is 2.34. The summed E-state index contributed by atoms with van der Waals surface area (Å²) in [4.78, 5) is 37.6. The summed E-state index contributed by atoms with van der Waals surface area (Å²) >= 11 is 0. The summed E-state index contributed by atoms with van der Waals surface area (Å²) in [6.45, 7) is 3.25. The van der Waals surface area contributed by atoms with Gasteiger partial charge >= 0.3 is 0 Å².